The second-order valence-corrected chi connectivity index (χ2v) is 5.70. The van der Waals surface area contributed by atoms with Gasteiger partial charge in [-0.15, -0.1) is 0 Å². The lowest BCUT2D eigenvalue weighted by Crippen LogP contribution is -2.52. The number of carbonyl (C=O) groups is 1. The van der Waals surface area contributed by atoms with Gasteiger partial charge in [-0.1, -0.05) is 37.6 Å². The molecule has 0 saturated carbocycles. The van der Waals surface area contributed by atoms with Gasteiger partial charge in [-0.05, 0) is 18.1 Å². The number of nitrogens with one attached hydrogen (secondary N) is 1. The van der Waals surface area contributed by atoms with Gasteiger partial charge in [0.05, 0.1) is 5.02 Å². The normalized spacial score (nSPS) is 17.1. The average Bonchev–Trinajstić information content (AvgIpc) is 2.46. The van der Waals surface area contributed by atoms with Crippen molar-refractivity contribution in [3.8, 4) is 5.75 Å². The number of carbonyl (C=O) groups excluding carboxylic acids is 1. The zero-order valence-corrected chi connectivity index (χ0v) is 12.7. The van der Waals surface area contributed by atoms with E-state index in [1.807, 2.05) is 30.9 Å². The molecule has 1 fully saturated rings. The van der Waals surface area contributed by atoms with Crippen LogP contribution in [0.2, 0.25) is 5.02 Å². The maximum Gasteiger partial charge on any atom is 0.264 e. The van der Waals surface area contributed by atoms with Crippen LogP contribution < -0.4 is 10.1 Å². The quantitative estimate of drug-likeness (QED) is 0.926. The molecule has 1 atom stereocenters. The summed E-state index contributed by atoms with van der Waals surface area (Å²) in [4.78, 5) is 14.4. The van der Waals surface area contributed by atoms with Crippen LogP contribution in [0.25, 0.3) is 0 Å². The van der Waals surface area contributed by atoms with Crippen LogP contribution in [0.4, 0.5) is 0 Å². The van der Waals surface area contributed by atoms with E-state index in [1.54, 1.807) is 12.1 Å². The predicted molar refractivity (Wildman–Crippen MR) is 80.2 cm³/mol. The van der Waals surface area contributed by atoms with Gasteiger partial charge in [-0.25, -0.2) is 0 Å². The summed E-state index contributed by atoms with van der Waals surface area (Å²) in [5.41, 5.74) is 0. The molecule has 1 amide bonds. The van der Waals surface area contributed by atoms with E-state index in [-0.39, 0.29) is 11.8 Å². The van der Waals surface area contributed by atoms with Gasteiger partial charge >= 0.3 is 0 Å². The molecule has 5 heteroatoms. The monoisotopic (exact) mass is 296 g/mol. The third kappa shape index (κ3) is 3.64. The molecule has 0 bridgehead atoms. The molecule has 1 aromatic rings. The minimum atomic E-state index is -0.493. The maximum atomic E-state index is 12.6. The summed E-state index contributed by atoms with van der Waals surface area (Å²) in [6, 6.07) is 7.26. The van der Waals surface area contributed by atoms with Gasteiger partial charge < -0.3 is 15.0 Å². The number of hydrogen-bond donors (Lipinski definition) is 1. The van der Waals surface area contributed by atoms with Crippen molar-refractivity contribution in [1.29, 1.82) is 0 Å². The highest BCUT2D eigenvalue weighted by atomic mass is 35.5. The number of ether oxygens (including phenoxy) is 1. The van der Waals surface area contributed by atoms with E-state index in [2.05, 4.69) is 5.32 Å². The number of para-hydroxylation sites is 1. The Kier molecular flexibility index (Phi) is 5.26. The molecule has 20 heavy (non-hydrogen) atoms. The molecule has 0 aromatic heterocycles. The molecule has 1 unspecified atom stereocenters. The van der Waals surface area contributed by atoms with Gasteiger partial charge in [0.2, 0.25) is 0 Å². The summed E-state index contributed by atoms with van der Waals surface area (Å²) < 4.78 is 5.88. The summed E-state index contributed by atoms with van der Waals surface area (Å²) in [6.45, 7) is 7.11. The summed E-state index contributed by atoms with van der Waals surface area (Å²) in [5, 5.41) is 3.77. The smallest absolute Gasteiger partial charge is 0.264 e. The van der Waals surface area contributed by atoms with E-state index in [1.165, 1.54) is 0 Å². The molecule has 1 aliphatic rings. The van der Waals surface area contributed by atoms with Gasteiger partial charge in [-0.2, -0.15) is 0 Å². The molecule has 1 aliphatic heterocycles. The topological polar surface area (TPSA) is 41.6 Å². The fraction of sp³-hybridized carbons (Fsp3) is 0.533. The molecule has 110 valence electrons. The lowest BCUT2D eigenvalue weighted by atomic mass is 10.1. The third-order valence-electron chi connectivity index (χ3n) is 3.37. The Bertz CT molecular complexity index is 459. The molecule has 4 nitrogen and oxygen atoms in total. The summed E-state index contributed by atoms with van der Waals surface area (Å²) >= 11 is 6.10. The third-order valence-corrected chi connectivity index (χ3v) is 3.68. The van der Waals surface area contributed by atoms with Gasteiger partial charge in [0.1, 0.15) is 5.75 Å². The van der Waals surface area contributed by atoms with Crippen LogP contribution in [-0.2, 0) is 4.79 Å². The van der Waals surface area contributed by atoms with E-state index >= 15 is 0 Å². The van der Waals surface area contributed by atoms with Crippen LogP contribution in [0, 0.1) is 5.92 Å². The highest BCUT2D eigenvalue weighted by Gasteiger charge is 2.30. The second kappa shape index (κ2) is 6.95. The zero-order valence-electron chi connectivity index (χ0n) is 11.9. The molecule has 1 aromatic carbocycles. The number of piperazine rings is 1. The number of benzene rings is 1. The Morgan fingerprint density at radius 2 is 1.95 bits per heavy atom. The Balaban J connectivity index is 2.10. The van der Waals surface area contributed by atoms with Crippen molar-refractivity contribution in [3.05, 3.63) is 29.3 Å². The largest absolute Gasteiger partial charge is 0.479 e. The zero-order chi connectivity index (χ0) is 14.5. The van der Waals surface area contributed by atoms with Gasteiger partial charge in [0.25, 0.3) is 5.91 Å². The highest BCUT2D eigenvalue weighted by Crippen LogP contribution is 2.26. The van der Waals surface area contributed by atoms with Crippen LogP contribution in [0.15, 0.2) is 24.3 Å². The van der Waals surface area contributed by atoms with Crippen molar-refractivity contribution in [2.24, 2.45) is 5.92 Å². The summed E-state index contributed by atoms with van der Waals surface area (Å²) in [6.07, 6.45) is -0.493. The van der Waals surface area contributed by atoms with Crippen LogP contribution in [0.3, 0.4) is 0 Å². The molecular weight excluding hydrogens is 276 g/mol. The van der Waals surface area contributed by atoms with Crippen molar-refractivity contribution in [2.75, 3.05) is 26.2 Å². The molecule has 1 saturated heterocycles. The van der Waals surface area contributed by atoms with Gasteiger partial charge in [-0.3, -0.25) is 4.79 Å². The molecule has 0 aliphatic carbocycles. The molecule has 0 spiro atoms. The first-order valence-corrected chi connectivity index (χ1v) is 7.38. The minimum absolute atomic E-state index is 0.0430. The van der Waals surface area contributed by atoms with Crippen LogP contribution in [-0.4, -0.2) is 43.1 Å². The fourth-order valence-electron chi connectivity index (χ4n) is 2.21. The number of rotatable bonds is 4. The lowest BCUT2D eigenvalue weighted by molar-refractivity contribution is -0.141. The van der Waals surface area contributed by atoms with E-state index < -0.39 is 6.10 Å². The number of halogens is 1. The number of amides is 1. The van der Waals surface area contributed by atoms with Crippen molar-refractivity contribution < 1.29 is 9.53 Å². The van der Waals surface area contributed by atoms with Gasteiger partial charge in [0.15, 0.2) is 6.10 Å². The number of hydrogen-bond acceptors (Lipinski definition) is 3. The minimum Gasteiger partial charge on any atom is -0.479 e. The first-order valence-electron chi connectivity index (χ1n) is 7.00. The first kappa shape index (κ1) is 15.1. The Labute approximate surface area is 125 Å². The first-order chi connectivity index (χ1) is 9.59. The van der Waals surface area contributed by atoms with Crippen molar-refractivity contribution >= 4 is 17.5 Å². The molecular formula is C15H21ClN2O2. The van der Waals surface area contributed by atoms with Gasteiger partial charge in [0, 0.05) is 26.2 Å². The van der Waals surface area contributed by atoms with Crippen molar-refractivity contribution in [3.63, 3.8) is 0 Å². The van der Waals surface area contributed by atoms with Crippen molar-refractivity contribution in [1.82, 2.24) is 10.2 Å². The molecule has 2 rings (SSSR count). The van der Waals surface area contributed by atoms with Crippen molar-refractivity contribution in [2.45, 2.75) is 20.0 Å². The Hall–Kier alpha value is -1.26. The standard InChI is InChI=1S/C15H21ClN2O2/c1-11(2)14(15(19)18-9-7-17-8-10-18)20-13-6-4-3-5-12(13)16/h3-6,11,14,17H,7-10H2,1-2H3. The van der Waals surface area contributed by atoms with Crippen LogP contribution in [0.1, 0.15) is 13.8 Å². The second-order valence-electron chi connectivity index (χ2n) is 5.29. The Morgan fingerprint density at radius 1 is 1.30 bits per heavy atom. The predicted octanol–water partition coefficient (Wildman–Crippen LogP) is 2.18. The van der Waals surface area contributed by atoms with E-state index in [4.69, 9.17) is 16.3 Å². The SMILES string of the molecule is CC(C)C(Oc1ccccc1Cl)C(=O)N1CCNCC1. The number of nitrogens with zero attached hydrogens (tertiary/aromatic N) is 1. The fourth-order valence-corrected chi connectivity index (χ4v) is 2.39. The molecule has 1 N–H and O–H groups in total. The summed E-state index contributed by atoms with van der Waals surface area (Å²) in [5.74, 6) is 0.700. The lowest BCUT2D eigenvalue weighted by Gasteiger charge is -2.32. The van der Waals surface area contributed by atoms with E-state index in [9.17, 15) is 4.79 Å². The average molecular weight is 297 g/mol. The van der Waals surface area contributed by atoms with E-state index in [0.29, 0.717) is 10.8 Å². The molecule has 0 radical (unpaired) electrons. The molecule has 1 heterocycles. The highest BCUT2D eigenvalue weighted by molar-refractivity contribution is 6.32. The summed E-state index contributed by atoms with van der Waals surface area (Å²) in [7, 11) is 0. The van der Waals surface area contributed by atoms with E-state index in [0.717, 1.165) is 26.2 Å². The van der Waals surface area contributed by atoms with Crippen LogP contribution in [0.5, 0.6) is 5.75 Å². The Morgan fingerprint density at radius 3 is 2.55 bits per heavy atom. The van der Waals surface area contributed by atoms with Crippen LogP contribution >= 0.6 is 11.6 Å². The maximum absolute atomic E-state index is 12.6.